The fourth-order valence-corrected chi connectivity index (χ4v) is 3.44. The van der Waals surface area contributed by atoms with Crippen molar-refractivity contribution in [2.75, 3.05) is 5.32 Å². The van der Waals surface area contributed by atoms with Crippen LogP contribution in [0.25, 0.3) is 0 Å². The number of carbonyl (C=O) groups is 1. The zero-order valence-corrected chi connectivity index (χ0v) is 15.3. The first-order chi connectivity index (χ1) is 11.2. The van der Waals surface area contributed by atoms with Gasteiger partial charge in [-0.1, -0.05) is 29.3 Å². The largest absolute Gasteiger partial charge is 0.324 e. The molecular weight excluding hydrogens is 371 g/mol. The maximum Gasteiger partial charge on any atom is 0.242 e. The third-order valence-electron chi connectivity index (χ3n) is 3.31. The fraction of sp³-hybridized carbons (Fsp3) is 0.188. The number of benzene rings is 2. The Kier molecular flexibility index (Phi) is 5.87. The summed E-state index contributed by atoms with van der Waals surface area (Å²) < 4.78 is 26.9. The van der Waals surface area contributed by atoms with E-state index in [1.807, 2.05) is 6.92 Å². The Morgan fingerprint density at radius 1 is 1.04 bits per heavy atom. The van der Waals surface area contributed by atoms with Gasteiger partial charge in [0.2, 0.25) is 15.9 Å². The Morgan fingerprint density at radius 2 is 1.62 bits per heavy atom. The molecule has 2 rings (SSSR count). The molecule has 0 heterocycles. The molecule has 2 N–H and O–H groups in total. The van der Waals surface area contributed by atoms with Crippen molar-refractivity contribution in [2.24, 2.45) is 0 Å². The van der Waals surface area contributed by atoms with E-state index in [0.717, 1.165) is 5.56 Å². The van der Waals surface area contributed by atoms with Crippen LogP contribution in [0.5, 0.6) is 0 Å². The van der Waals surface area contributed by atoms with Gasteiger partial charge in [0.25, 0.3) is 0 Å². The summed E-state index contributed by atoms with van der Waals surface area (Å²) in [4.78, 5) is 12.3. The molecule has 24 heavy (non-hydrogen) atoms. The standard InChI is InChI=1S/C16H16Cl2N2O3S/c1-10-3-4-13(18)9-15(10)19-16(21)11(2)20-24(22,23)14-7-5-12(17)6-8-14/h3-9,11,20H,1-2H3,(H,19,21)/t11-/m0/s1. The SMILES string of the molecule is Cc1ccc(Cl)cc1NC(=O)[C@H](C)NS(=O)(=O)c1ccc(Cl)cc1. The van der Waals surface area contributed by atoms with Crippen LogP contribution in [-0.4, -0.2) is 20.4 Å². The monoisotopic (exact) mass is 386 g/mol. The normalized spacial score (nSPS) is 12.7. The van der Waals surface area contributed by atoms with Gasteiger partial charge in [0.1, 0.15) is 0 Å². The van der Waals surface area contributed by atoms with Crippen molar-refractivity contribution in [1.29, 1.82) is 0 Å². The van der Waals surface area contributed by atoms with Crippen LogP contribution < -0.4 is 10.0 Å². The summed E-state index contributed by atoms with van der Waals surface area (Å²) in [5, 5.41) is 3.57. The van der Waals surface area contributed by atoms with Crippen LogP contribution in [-0.2, 0) is 14.8 Å². The molecule has 0 aliphatic carbocycles. The highest BCUT2D eigenvalue weighted by molar-refractivity contribution is 7.89. The van der Waals surface area contributed by atoms with E-state index in [2.05, 4.69) is 10.0 Å². The molecule has 0 aliphatic heterocycles. The number of halogens is 2. The molecule has 128 valence electrons. The molecule has 1 amide bonds. The smallest absolute Gasteiger partial charge is 0.242 e. The van der Waals surface area contributed by atoms with Crippen molar-refractivity contribution in [3.05, 3.63) is 58.1 Å². The summed E-state index contributed by atoms with van der Waals surface area (Å²) >= 11 is 11.7. The number of hydrogen-bond acceptors (Lipinski definition) is 3. The molecular formula is C16H16Cl2N2O3S. The van der Waals surface area contributed by atoms with Gasteiger partial charge in [0.05, 0.1) is 10.9 Å². The van der Waals surface area contributed by atoms with Crippen molar-refractivity contribution in [3.8, 4) is 0 Å². The van der Waals surface area contributed by atoms with Crippen LogP contribution in [0.1, 0.15) is 12.5 Å². The van der Waals surface area contributed by atoms with Crippen LogP contribution in [0.4, 0.5) is 5.69 Å². The minimum atomic E-state index is -3.83. The van der Waals surface area contributed by atoms with Crippen molar-refractivity contribution < 1.29 is 13.2 Å². The second-order valence-electron chi connectivity index (χ2n) is 5.25. The lowest BCUT2D eigenvalue weighted by Gasteiger charge is -2.15. The molecule has 0 unspecified atom stereocenters. The highest BCUT2D eigenvalue weighted by Crippen LogP contribution is 2.20. The molecule has 8 heteroatoms. The van der Waals surface area contributed by atoms with Crippen LogP contribution in [0.15, 0.2) is 47.4 Å². The second kappa shape index (κ2) is 7.53. The third-order valence-corrected chi connectivity index (χ3v) is 5.35. The predicted octanol–water partition coefficient (Wildman–Crippen LogP) is 3.61. The van der Waals surface area contributed by atoms with Gasteiger partial charge in [-0.25, -0.2) is 8.42 Å². The number of sulfonamides is 1. The summed E-state index contributed by atoms with van der Waals surface area (Å²) in [5.41, 5.74) is 1.35. The van der Waals surface area contributed by atoms with Crippen LogP contribution in [0.2, 0.25) is 10.0 Å². The molecule has 5 nitrogen and oxygen atoms in total. The molecule has 0 saturated carbocycles. The lowest BCUT2D eigenvalue weighted by Crippen LogP contribution is -2.41. The number of carbonyl (C=O) groups excluding carboxylic acids is 1. The number of rotatable bonds is 5. The number of aryl methyl sites for hydroxylation is 1. The average Bonchev–Trinajstić information content (AvgIpc) is 2.51. The lowest BCUT2D eigenvalue weighted by molar-refractivity contribution is -0.117. The minimum Gasteiger partial charge on any atom is -0.324 e. The molecule has 0 saturated heterocycles. The van der Waals surface area contributed by atoms with Crippen molar-refractivity contribution in [2.45, 2.75) is 24.8 Å². The Balaban J connectivity index is 2.10. The first-order valence-corrected chi connectivity index (χ1v) is 9.28. The molecule has 2 aromatic carbocycles. The van der Waals surface area contributed by atoms with E-state index in [0.29, 0.717) is 15.7 Å². The zero-order valence-electron chi connectivity index (χ0n) is 13.0. The molecule has 0 fully saturated rings. The molecule has 0 radical (unpaired) electrons. The zero-order chi connectivity index (χ0) is 17.9. The Hall–Kier alpha value is -1.60. The van der Waals surface area contributed by atoms with Gasteiger partial charge in [-0.3, -0.25) is 4.79 Å². The van der Waals surface area contributed by atoms with Crippen LogP contribution in [0, 0.1) is 6.92 Å². The topological polar surface area (TPSA) is 75.3 Å². The van der Waals surface area contributed by atoms with Gasteiger partial charge < -0.3 is 5.32 Å². The summed E-state index contributed by atoms with van der Waals surface area (Å²) in [5.74, 6) is -0.488. The Bertz CT molecular complexity index is 852. The van der Waals surface area contributed by atoms with E-state index in [9.17, 15) is 13.2 Å². The average molecular weight is 387 g/mol. The van der Waals surface area contributed by atoms with Gasteiger partial charge in [-0.05, 0) is 55.8 Å². The Morgan fingerprint density at radius 3 is 2.25 bits per heavy atom. The van der Waals surface area contributed by atoms with Crippen molar-refractivity contribution in [1.82, 2.24) is 4.72 Å². The predicted molar refractivity (Wildman–Crippen MR) is 96.1 cm³/mol. The number of anilines is 1. The maximum atomic E-state index is 12.3. The molecule has 0 aliphatic rings. The summed E-state index contributed by atoms with van der Waals surface area (Å²) in [7, 11) is -3.83. The van der Waals surface area contributed by atoms with E-state index in [4.69, 9.17) is 23.2 Å². The molecule has 0 spiro atoms. The Labute approximate surface area is 151 Å². The summed E-state index contributed by atoms with van der Waals surface area (Å²) in [6.07, 6.45) is 0. The summed E-state index contributed by atoms with van der Waals surface area (Å²) in [6.45, 7) is 3.27. The first-order valence-electron chi connectivity index (χ1n) is 7.04. The lowest BCUT2D eigenvalue weighted by atomic mass is 10.2. The van der Waals surface area contributed by atoms with Crippen LogP contribution in [0.3, 0.4) is 0 Å². The van der Waals surface area contributed by atoms with Crippen molar-refractivity contribution in [3.63, 3.8) is 0 Å². The van der Waals surface area contributed by atoms with E-state index in [-0.39, 0.29) is 4.90 Å². The van der Waals surface area contributed by atoms with Gasteiger partial charge in [0.15, 0.2) is 0 Å². The quantitative estimate of drug-likeness (QED) is 0.823. The maximum absolute atomic E-state index is 12.3. The molecule has 2 aromatic rings. The number of nitrogens with one attached hydrogen (secondary N) is 2. The van der Waals surface area contributed by atoms with Gasteiger partial charge >= 0.3 is 0 Å². The van der Waals surface area contributed by atoms with E-state index >= 15 is 0 Å². The van der Waals surface area contributed by atoms with E-state index < -0.39 is 22.0 Å². The highest BCUT2D eigenvalue weighted by atomic mass is 35.5. The number of amides is 1. The summed E-state index contributed by atoms with van der Waals surface area (Å²) in [6, 6.07) is 9.79. The second-order valence-corrected chi connectivity index (χ2v) is 7.83. The number of hydrogen-bond donors (Lipinski definition) is 2. The van der Waals surface area contributed by atoms with Gasteiger partial charge in [-0.2, -0.15) is 4.72 Å². The van der Waals surface area contributed by atoms with E-state index in [1.165, 1.54) is 31.2 Å². The van der Waals surface area contributed by atoms with Gasteiger partial charge in [-0.15, -0.1) is 0 Å². The molecule has 0 aromatic heterocycles. The van der Waals surface area contributed by atoms with E-state index in [1.54, 1.807) is 18.2 Å². The first kappa shape index (κ1) is 18.7. The van der Waals surface area contributed by atoms with Gasteiger partial charge in [0, 0.05) is 15.7 Å². The van der Waals surface area contributed by atoms with Crippen LogP contribution >= 0.6 is 23.2 Å². The highest BCUT2D eigenvalue weighted by Gasteiger charge is 2.22. The third kappa shape index (κ3) is 4.70. The molecule has 0 bridgehead atoms. The van der Waals surface area contributed by atoms with Crippen molar-refractivity contribution >= 4 is 44.8 Å². The molecule has 1 atom stereocenters. The minimum absolute atomic E-state index is 0.0329. The fourth-order valence-electron chi connectivity index (χ4n) is 1.94.